The smallest absolute Gasteiger partial charge is 0.124 e. The molecule has 1 aromatic rings. The molecule has 0 aliphatic heterocycles. The Hall–Kier alpha value is -1.06. The molecule has 0 amide bonds. The minimum Gasteiger partial charge on any atom is -0.496 e. The van der Waals surface area contributed by atoms with Crippen LogP contribution < -0.4 is 10.5 Å². The van der Waals surface area contributed by atoms with E-state index in [0.29, 0.717) is 19.1 Å². The number of rotatable bonds is 6. The van der Waals surface area contributed by atoms with Gasteiger partial charge in [-0.3, -0.25) is 0 Å². The van der Waals surface area contributed by atoms with Gasteiger partial charge < -0.3 is 15.2 Å². The maximum absolute atomic E-state index is 5.62. The first kappa shape index (κ1) is 14.0. The third kappa shape index (κ3) is 3.72. The van der Waals surface area contributed by atoms with Crippen molar-refractivity contribution < 1.29 is 9.47 Å². The molecule has 0 saturated carbocycles. The monoisotopic (exact) mass is 237 g/mol. The first-order valence-electron chi connectivity index (χ1n) is 6.09. The number of hydrogen-bond donors (Lipinski definition) is 1. The number of ether oxygens (including phenoxy) is 2. The highest BCUT2D eigenvalue weighted by Crippen LogP contribution is 2.30. The van der Waals surface area contributed by atoms with Gasteiger partial charge in [-0.2, -0.15) is 0 Å². The molecule has 0 aromatic heterocycles. The molecule has 0 spiro atoms. The van der Waals surface area contributed by atoms with E-state index in [1.54, 1.807) is 7.11 Å². The molecule has 0 fully saturated rings. The SMILES string of the molecule is COc1cc(C(C)C)ccc1C(C)OCCN. The van der Waals surface area contributed by atoms with E-state index in [0.717, 1.165) is 11.3 Å². The average molecular weight is 237 g/mol. The van der Waals surface area contributed by atoms with Crippen molar-refractivity contribution in [2.24, 2.45) is 5.73 Å². The summed E-state index contributed by atoms with van der Waals surface area (Å²) in [7, 11) is 1.69. The van der Waals surface area contributed by atoms with Crippen molar-refractivity contribution in [2.45, 2.75) is 32.8 Å². The fourth-order valence-electron chi connectivity index (χ4n) is 1.76. The van der Waals surface area contributed by atoms with Gasteiger partial charge in [0.2, 0.25) is 0 Å². The molecule has 1 aromatic carbocycles. The normalized spacial score (nSPS) is 12.8. The van der Waals surface area contributed by atoms with E-state index in [2.05, 4.69) is 32.0 Å². The molecule has 1 unspecified atom stereocenters. The van der Waals surface area contributed by atoms with Gasteiger partial charge in [-0.25, -0.2) is 0 Å². The molecule has 0 radical (unpaired) electrons. The lowest BCUT2D eigenvalue weighted by molar-refractivity contribution is 0.0699. The molecule has 1 atom stereocenters. The van der Waals surface area contributed by atoms with E-state index in [-0.39, 0.29) is 6.10 Å². The summed E-state index contributed by atoms with van der Waals surface area (Å²) in [5.41, 5.74) is 7.78. The summed E-state index contributed by atoms with van der Waals surface area (Å²) in [6.07, 6.45) is 0.00899. The van der Waals surface area contributed by atoms with Crippen molar-refractivity contribution in [3.63, 3.8) is 0 Å². The van der Waals surface area contributed by atoms with E-state index in [4.69, 9.17) is 15.2 Å². The first-order chi connectivity index (χ1) is 8.10. The molecule has 3 heteroatoms. The molecule has 96 valence electrons. The third-order valence-electron chi connectivity index (χ3n) is 2.85. The number of benzene rings is 1. The van der Waals surface area contributed by atoms with Crippen molar-refractivity contribution in [1.82, 2.24) is 0 Å². The van der Waals surface area contributed by atoms with Crippen LogP contribution >= 0.6 is 0 Å². The summed E-state index contributed by atoms with van der Waals surface area (Å²) in [6.45, 7) is 7.46. The summed E-state index contributed by atoms with van der Waals surface area (Å²) in [5.74, 6) is 1.39. The Kier molecular flexibility index (Phi) is 5.45. The van der Waals surface area contributed by atoms with Crippen LogP contribution in [0.25, 0.3) is 0 Å². The molecule has 1 rings (SSSR count). The van der Waals surface area contributed by atoms with Crippen molar-refractivity contribution in [1.29, 1.82) is 0 Å². The third-order valence-corrected chi connectivity index (χ3v) is 2.85. The quantitative estimate of drug-likeness (QED) is 0.827. The van der Waals surface area contributed by atoms with Crippen LogP contribution in [0.4, 0.5) is 0 Å². The molecule has 0 aliphatic rings. The predicted molar refractivity (Wildman–Crippen MR) is 70.5 cm³/mol. The molecule has 0 heterocycles. The van der Waals surface area contributed by atoms with E-state index in [1.165, 1.54) is 5.56 Å². The molecule has 0 bridgehead atoms. The average Bonchev–Trinajstić information content (AvgIpc) is 2.34. The number of hydrogen-bond acceptors (Lipinski definition) is 3. The van der Waals surface area contributed by atoms with Crippen LogP contribution in [0.3, 0.4) is 0 Å². The molecule has 3 nitrogen and oxygen atoms in total. The lowest BCUT2D eigenvalue weighted by Gasteiger charge is -2.18. The fourth-order valence-corrected chi connectivity index (χ4v) is 1.76. The van der Waals surface area contributed by atoms with Gasteiger partial charge in [0.1, 0.15) is 5.75 Å². The molecule has 2 N–H and O–H groups in total. The summed E-state index contributed by atoms with van der Waals surface area (Å²) in [5, 5.41) is 0. The van der Waals surface area contributed by atoms with Crippen LogP contribution in [0.2, 0.25) is 0 Å². The number of nitrogens with two attached hydrogens (primary N) is 1. The van der Waals surface area contributed by atoms with Crippen LogP contribution in [0.1, 0.15) is 43.9 Å². The minimum absolute atomic E-state index is 0.00899. The zero-order chi connectivity index (χ0) is 12.8. The Morgan fingerprint density at radius 2 is 1.94 bits per heavy atom. The number of methoxy groups -OCH3 is 1. The highest BCUT2D eigenvalue weighted by Gasteiger charge is 2.13. The van der Waals surface area contributed by atoms with Gasteiger partial charge in [0.25, 0.3) is 0 Å². The second-order valence-electron chi connectivity index (χ2n) is 4.46. The summed E-state index contributed by atoms with van der Waals surface area (Å²) in [6, 6.07) is 6.29. The lowest BCUT2D eigenvalue weighted by Crippen LogP contribution is -2.11. The Morgan fingerprint density at radius 1 is 1.24 bits per heavy atom. The van der Waals surface area contributed by atoms with Gasteiger partial charge in [0.15, 0.2) is 0 Å². The first-order valence-corrected chi connectivity index (χ1v) is 6.09. The largest absolute Gasteiger partial charge is 0.496 e. The Labute approximate surface area is 104 Å². The topological polar surface area (TPSA) is 44.5 Å². The van der Waals surface area contributed by atoms with E-state index >= 15 is 0 Å². The van der Waals surface area contributed by atoms with Gasteiger partial charge in [0, 0.05) is 12.1 Å². The summed E-state index contributed by atoms with van der Waals surface area (Å²) < 4.78 is 11.0. The van der Waals surface area contributed by atoms with Crippen LogP contribution in [0.15, 0.2) is 18.2 Å². The maximum atomic E-state index is 5.62. The summed E-state index contributed by atoms with van der Waals surface area (Å²) in [4.78, 5) is 0. The summed E-state index contributed by atoms with van der Waals surface area (Å²) >= 11 is 0. The maximum Gasteiger partial charge on any atom is 0.124 e. The van der Waals surface area contributed by atoms with Crippen molar-refractivity contribution >= 4 is 0 Å². The van der Waals surface area contributed by atoms with E-state index in [9.17, 15) is 0 Å². The fraction of sp³-hybridized carbons (Fsp3) is 0.571. The van der Waals surface area contributed by atoms with E-state index in [1.807, 2.05) is 6.92 Å². The highest BCUT2D eigenvalue weighted by atomic mass is 16.5. The van der Waals surface area contributed by atoms with Gasteiger partial charge in [0.05, 0.1) is 19.8 Å². The standard InChI is InChI=1S/C14H23NO2/c1-10(2)12-5-6-13(14(9-12)16-4)11(3)17-8-7-15/h5-6,9-11H,7-8,15H2,1-4H3. The Morgan fingerprint density at radius 3 is 2.47 bits per heavy atom. The minimum atomic E-state index is 0.00899. The zero-order valence-electron chi connectivity index (χ0n) is 11.2. The second-order valence-corrected chi connectivity index (χ2v) is 4.46. The Balaban J connectivity index is 2.91. The predicted octanol–water partition coefficient (Wildman–Crippen LogP) is 2.85. The molecular formula is C14H23NO2. The lowest BCUT2D eigenvalue weighted by atomic mass is 9.99. The van der Waals surface area contributed by atoms with Gasteiger partial charge in [-0.1, -0.05) is 26.0 Å². The molecular weight excluding hydrogens is 214 g/mol. The van der Waals surface area contributed by atoms with Crippen LogP contribution in [0.5, 0.6) is 5.75 Å². The Bertz CT molecular complexity index is 350. The van der Waals surface area contributed by atoms with E-state index < -0.39 is 0 Å². The second kappa shape index (κ2) is 6.62. The van der Waals surface area contributed by atoms with Crippen LogP contribution in [-0.4, -0.2) is 20.3 Å². The molecule has 0 saturated heterocycles. The van der Waals surface area contributed by atoms with Gasteiger partial charge in [-0.05, 0) is 24.5 Å². The van der Waals surface area contributed by atoms with Crippen molar-refractivity contribution in [3.05, 3.63) is 29.3 Å². The van der Waals surface area contributed by atoms with Gasteiger partial charge >= 0.3 is 0 Å². The van der Waals surface area contributed by atoms with Crippen molar-refractivity contribution in [3.8, 4) is 5.75 Å². The highest BCUT2D eigenvalue weighted by molar-refractivity contribution is 5.40. The van der Waals surface area contributed by atoms with Crippen molar-refractivity contribution in [2.75, 3.05) is 20.3 Å². The van der Waals surface area contributed by atoms with Crippen LogP contribution in [-0.2, 0) is 4.74 Å². The molecule has 17 heavy (non-hydrogen) atoms. The molecule has 0 aliphatic carbocycles. The van der Waals surface area contributed by atoms with Crippen LogP contribution in [0, 0.1) is 0 Å². The van der Waals surface area contributed by atoms with Gasteiger partial charge in [-0.15, -0.1) is 0 Å². The zero-order valence-corrected chi connectivity index (χ0v) is 11.2.